The second-order valence-corrected chi connectivity index (χ2v) is 7.29. The Bertz CT molecular complexity index is 563. The maximum Gasteiger partial charge on any atom is 0.410 e. The molecule has 1 aromatic rings. The lowest BCUT2D eigenvalue weighted by Crippen LogP contribution is -2.46. The average molecular weight is 338 g/mol. The molecule has 1 atom stereocenters. The zero-order valence-corrected chi connectivity index (χ0v) is 14.7. The van der Waals surface area contributed by atoms with Crippen LogP contribution >= 0.6 is 11.6 Å². The van der Waals surface area contributed by atoms with E-state index in [1.165, 1.54) is 0 Å². The summed E-state index contributed by atoms with van der Waals surface area (Å²) in [6.07, 6.45) is 0.354. The second-order valence-electron chi connectivity index (χ2n) is 6.86. The maximum atomic E-state index is 12.6. The summed E-state index contributed by atoms with van der Waals surface area (Å²) in [4.78, 5) is 14.3. The summed E-state index contributed by atoms with van der Waals surface area (Å²) < 4.78 is 11.2. The van der Waals surface area contributed by atoms with Crippen molar-refractivity contribution < 1.29 is 14.3 Å². The van der Waals surface area contributed by atoms with Crippen molar-refractivity contribution in [3.63, 3.8) is 0 Å². The van der Waals surface area contributed by atoms with E-state index in [-0.39, 0.29) is 12.1 Å². The standard InChI is InChI=1S/C18H24ClNO3/c1-13-10-20(17(21)23-18(2,3)4)16(12-22-11-13)9-14-5-7-15(19)8-6-14/h5-8,16H,1,9-12H2,2-4H3/t16-/m0/s1. The minimum Gasteiger partial charge on any atom is -0.444 e. The van der Waals surface area contributed by atoms with Gasteiger partial charge in [-0.1, -0.05) is 30.3 Å². The molecular formula is C18H24ClNO3. The number of amides is 1. The highest BCUT2D eigenvalue weighted by Crippen LogP contribution is 2.20. The number of rotatable bonds is 2. The van der Waals surface area contributed by atoms with E-state index < -0.39 is 5.60 Å². The van der Waals surface area contributed by atoms with Gasteiger partial charge in [0.05, 0.1) is 19.3 Å². The Kier molecular flexibility index (Phi) is 5.71. The molecule has 0 aromatic heterocycles. The van der Waals surface area contributed by atoms with E-state index in [2.05, 4.69) is 6.58 Å². The highest BCUT2D eigenvalue weighted by molar-refractivity contribution is 6.30. The van der Waals surface area contributed by atoms with Crippen LogP contribution in [0.5, 0.6) is 0 Å². The normalized spacial score (nSPS) is 19.4. The number of ether oxygens (including phenoxy) is 2. The summed E-state index contributed by atoms with van der Waals surface area (Å²) in [6, 6.07) is 7.55. The SMILES string of the molecule is C=C1COC[C@H](Cc2ccc(Cl)cc2)N(C(=O)OC(C)(C)C)C1. The monoisotopic (exact) mass is 337 g/mol. The van der Waals surface area contributed by atoms with Crippen molar-refractivity contribution >= 4 is 17.7 Å². The second kappa shape index (κ2) is 7.37. The molecule has 0 bridgehead atoms. The van der Waals surface area contributed by atoms with Gasteiger partial charge in [0.15, 0.2) is 0 Å². The minimum absolute atomic E-state index is 0.0923. The number of carbonyl (C=O) groups excluding carboxylic acids is 1. The van der Waals surface area contributed by atoms with Crippen molar-refractivity contribution in [3.8, 4) is 0 Å². The van der Waals surface area contributed by atoms with E-state index in [0.29, 0.717) is 31.2 Å². The van der Waals surface area contributed by atoms with Crippen molar-refractivity contribution in [2.45, 2.75) is 38.8 Å². The van der Waals surface area contributed by atoms with E-state index in [1.807, 2.05) is 45.0 Å². The summed E-state index contributed by atoms with van der Waals surface area (Å²) >= 11 is 5.93. The highest BCUT2D eigenvalue weighted by atomic mass is 35.5. The van der Waals surface area contributed by atoms with Gasteiger partial charge in [-0.15, -0.1) is 0 Å². The molecule has 1 amide bonds. The first kappa shape index (κ1) is 17.8. The number of nitrogens with zero attached hydrogens (tertiary/aromatic N) is 1. The van der Waals surface area contributed by atoms with Crippen LogP contribution < -0.4 is 0 Å². The summed E-state index contributed by atoms with van der Waals surface area (Å²) in [5, 5.41) is 0.697. The molecule has 0 N–H and O–H groups in total. The van der Waals surface area contributed by atoms with Gasteiger partial charge in [-0.2, -0.15) is 0 Å². The Morgan fingerprint density at radius 2 is 2.04 bits per heavy atom. The van der Waals surface area contributed by atoms with Gasteiger partial charge in [0.1, 0.15) is 5.60 Å². The lowest BCUT2D eigenvalue weighted by molar-refractivity contribution is 0.0126. The van der Waals surface area contributed by atoms with Crippen LogP contribution in [0.1, 0.15) is 26.3 Å². The molecule has 0 aliphatic carbocycles. The molecule has 126 valence electrons. The number of halogens is 1. The molecule has 0 unspecified atom stereocenters. The van der Waals surface area contributed by atoms with Crippen molar-refractivity contribution in [1.82, 2.24) is 4.90 Å². The molecule has 0 saturated carbocycles. The predicted molar refractivity (Wildman–Crippen MR) is 91.8 cm³/mol. The lowest BCUT2D eigenvalue weighted by Gasteiger charge is -2.32. The number of benzene rings is 1. The molecule has 1 fully saturated rings. The largest absolute Gasteiger partial charge is 0.444 e. The molecule has 5 heteroatoms. The minimum atomic E-state index is -0.531. The highest BCUT2D eigenvalue weighted by Gasteiger charge is 2.31. The average Bonchev–Trinajstić information content (AvgIpc) is 2.61. The fourth-order valence-corrected chi connectivity index (χ4v) is 2.57. The predicted octanol–water partition coefficient (Wildman–Crippen LogP) is 4.07. The van der Waals surface area contributed by atoms with Gasteiger partial charge in [-0.25, -0.2) is 4.79 Å². The smallest absolute Gasteiger partial charge is 0.410 e. The van der Waals surface area contributed by atoms with Gasteiger partial charge < -0.3 is 9.47 Å². The van der Waals surface area contributed by atoms with Crippen LogP contribution in [-0.4, -0.2) is 42.4 Å². The maximum absolute atomic E-state index is 12.6. The fourth-order valence-electron chi connectivity index (χ4n) is 2.44. The van der Waals surface area contributed by atoms with Crippen LogP contribution in [0.15, 0.2) is 36.4 Å². The Labute approximate surface area is 143 Å². The molecule has 1 aliphatic heterocycles. The van der Waals surface area contributed by atoms with Crippen molar-refractivity contribution in [2.75, 3.05) is 19.8 Å². The first-order chi connectivity index (χ1) is 10.7. The van der Waals surface area contributed by atoms with Gasteiger partial charge >= 0.3 is 6.09 Å². The molecular weight excluding hydrogens is 314 g/mol. The topological polar surface area (TPSA) is 38.8 Å². The quantitative estimate of drug-likeness (QED) is 0.763. The molecule has 1 aliphatic rings. The summed E-state index contributed by atoms with van der Waals surface area (Å²) in [6.45, 7) is 10.9. The van der Waals surface area contributed by atoms with Gasteiger partial charge in [-0.3, -0.25) is 4.90 Å². The molecule has 0 radical (unpaired) electrons. The Balaban J connectivity index is 2.16. The van der Waals surface area contributed by atoms with Gasteiger partial charge in [0.2, 0.25) is 0 Å². The summed E-state index contributed by atoms with van der Waals surface area (Å²) in [5.74, 6) is 0. The van der Waals surface area contributed by atoms with Crippen LogP contribution in [0.25, 0.3) is 0 Å². The zero-order valence-electron chi connectivity index (χ0n) is 14.0. The van der Waals surface area contributed by atoms with Gasteiger partial charge in [0, 0.05) is 11.6 Å². The molecule has 0 spiro atoms. The first-order valence-electron chi connectivity index (χ1n) is 7.73. The summed E-state index contributed by atoms with van der Waals surface area (Å²) in [5.41, 5.74) is 1.44. The first-order valence-corrected chi connectivity index (χ1v) is 8.11. The van der Waals surface area contributed by atoms with E-state index in [0.717, 1.165) is 11.1 Å². The van der Waals surface area contributed by atoms with Crippen LogP contribution in [0.4, 0.5) is 4.79 Å². The van der Waals surface area contributed by atoms with Crippen LogP contribution in [0, 0.1) is 0 Å². The van der Waals surface area contributed by atoms with Crippen molar-refractivity contribution in [2.24, 2.45) is 0 Å². The van der Waals surface area contributed by atoms with Crippen LogP contribution in [-0.2, 0) is 15.9 Å². The Hall–Kier alpha value is -1.52. The summed E-state index contributed by atoms with van der Waals surface area (Å²) in [7, 11) is 0. The van der Waals surface area contributed by atoms with Crippen molar-refractivity contribution in [1.29, 1.82) is 0 Å². The molecule has 23 heavy (non-hydrogen) atoms. The molecule has 1 heterocycles. The van der Waals surface area contributed by atoms with Crippen molar-refractivity contribution in [3.05, 3.63) is 47.0 Å². The third-order valence-corrected chi connectivity index (χ3v) is 3.72. The lowest BCUT2D eigenvalue weighted by atomic mass is 10.1. The van der Waals surface area contributed by atoms with Gasteiger partial charge in [-0.05, 0) is 50.5 Å². The Morgan fingerprint density at radius 3 is 2.65 bits per heavy atom. The van der Waals surface area contributed by atoms with Crippen LogP contribution in [0.3, 0.4) is 0 Å². The van der Waals surface area contributed by atoms with E-state index in [1.54, 1.807) is 4.90 Å². The van der Waals surface area contributed by atoms with Crippen LogP contribution in [0.2, 0.25) is 5.02 Å². The number of hydrogen-bond acceptors (Lipinski definition) is 3. The molecule has 4 nitrogen and oxygen atoms in total. The molecule has 1 saturated heterocycles. The number of carbonyl (C=O) groups is 1. The van der Waals surface area contributed by atoms with E-state index in [9.17, 15) is 4.79 Å². The van der Waals surface area contributed by atoms with Gasteiger partial charge in [0.25, 0.3) is 0 Å². The zero-order chi connectivity index (χ0) is 17.0. The Morgan fingerprint density at radius 1 is 1.39 bits per heavy atom. The number of hydrogen-bond donors (Lipinski definition) is 0. The third kappa shape index (κ3) is 5.56. The fraction of sp³-hybridized carbons (Fsp3) is 0.500. The van der Waals surface area contributed by atoms with E-state index in [4.69, 9.17) is 21.1 Å². The molecule has 2 rings (SSSR count). The third-order valence-electron chi connectivity index (χ3n) is 3.46. The molecule has 1 aromatic carbocycles. The van der Waals surface area contributed by atoms with E-state index >= 15 is 0 Å².